The molecule has 2 rings (SSSR count). The predicted octanol–water partition coefficient (Wildman–Crippen LogP) is 0.884. The van der Waals surface area contributed by atoms with E-state index in [1.165, 1.54) is 19.4 Å². The second-order valence-electron chi connectivity index (χ2n) is 4.18. The summed E-state index contributed by atoms with van der Waals surface area (Å²) in [5.41, 5.74) is 0. The van der Waals surface area contributed by atoms with Crippen molar-refractivity contribution in [2.45, 2.75) is 38.0 Å². The molecule has 3 heteroatoms. The maximum Gasteiger partial charge on any atom is 0.0936 e. The molecule has 3 nitrogen and oxygen atoms in total. The van der Waals surface area contributed by atoms with Gasteiger partial charge in [0.1, 0.15) is 0 Å². The van der Waals surface area contributed by atoms with E-state index in [0.29, 0.717) is 18.2 Å². The average Bonchev–Trinajstić information content (AvgIpc) is 2.92. The molecule has 2 aliphatic rings. The van der Waals surface area contributed by atoms with E-state index in [0.717, 1.165) is 13.2 Å². The van der Waals surface area contributed by atoms with E-state index in [1.54, 1.807) is 0 Å². The molecule has 13 heavy (non-hydrogen) atoms. The van der Waals surface area contributed by atoms with Crippen LogP contribution in [0.25, 0.3) is 0 Å². The third-order valence-electron chi connectivity index (χ3n) is 3.14. The molecule has 3 unspecified atom stereocenters. The maximum absolute atomic E-state index is 5.37. The van der Waals surface area contributed by atoms with Gasteiger partial charge in [0.25, 0.3) is 0 Å². The number of hydrogen-bond acceptors (Lipinski definition) is 3. The van der Waals surface area contributed by atoms with E-state index in [9.17, 15) is 0 Å². The van der Waals surface area contributed by atoms with Crippen molar-refractivity contribution in [1.29, 1.82) is 0 Å². The number of methoxy groups -OCH3 is 1. The molecule has 0 radical (unpaired) electrons. The first-order chi connectivity index (χ1) is 6.29. The van der Waals surface area contributed by atoms with Gasteiger partial charge in [-0.05, 0) is 19.8 Å². The summed E-state index contributed by atoms with van der Waals surface area (Å²) in [4.78, 5) is 2.52. The summed E-state index contributed by atoms with van der Waals surface area (Å²) in [5.74, 6) is 0. The van der Waals surface area contributed by atoms with Gasteiger partial charge in [-0.2, -0.15) is 0 Å². The van der Waals surface area contributed by atoms with Crippen molar-refractivity contribution in [3.05, 3.63) is 0 Å². The number of nitrogens with zero attached hydrogens (tertiary/aromatic N) is 1. The molecule has 0 spiro atoms. The lowest BCUT2D eigenvalue weighted by Crippen LogP contribution is -2.44. The summed E-state index contributed by atoms with van der Waals surface area (Å²) in [7, 11) is 1.82. The molecule has 0 bridgehead atoms. The first kappa shape index (κ1) is 9.44. The van der Waals surface area contributed by atoms with E-state index in [2.05, 4.69) is 11.8 Å². The van der Waals surface area contributed by atoms with Gasteiger partial charge in [-0.25, -0.2) is 0 Å². The Labute approximate surface area is 80.0 Å². The molecule has 2 fully saturated rings. The molecule has 3 atom stereocenters. The topological polar surface area (TPSA) is 25.0 Å². The van der Waals surface area contributed by atoms with Crippen LogP contribution in [0.2, 0.25) is 0 Å². The highest BCUT2D eigenvalue weighted by molar-refractivity contribution is 4.83. The summed E-state index contributed by atoms with van der Waals surface area (Å²) in [6.07, 6.45) is 3.35. The summed E-state index contributed by atoms with van der Waals surface area (Å²) < 4.78 is 10.6. The van der Waals surface area contributed by atoms with Gasteiger partial charge in [0.2, 0.25) is 0 Å². The van der Waals surface area contributed by atoms with Gasteiger partial charge in [0.15, 0.2) is 0 Å². The van der Waals surface area contributed by atoms with E-state index in [1.807, 2.05) is 7.11 Å². The van der Waals surface area contributed by atoms with E-state index < -0.39 is 0 Å². The molecule has 2 aliphatic heterocycles. The average molecular weight is 185 g/mol. The van der Waals surface area contributed by atoms with Gasteiger partial charge in [0.05, 0.1) is 18.8 Å². The number of hydrogen-bond donors (Lipinski definition) is 0. The Morgan fingerprint density at radius 3 is 2.85 bits per heavy atom. The standard InChI is InChI=1S/C10H19NO2/c1-8-5-9(12-2)3-4-11(8)6-10-7-13-10/h8-10H,3-7H2,1-2H3. The Kier molecular flexibility index (Phi) is 2.86. The molecule has 0 amide bonds. The van der Waals surface area contributed by atoms with Crippen LogP contribution in [-0.2, 0) is 9.47 Å². The number of likely N-dealkylation sites (tertiary alicyclic amines) is 1. The smallest absolute Gasteiger partial charge is 0.0936 e. The normalized spacial score (nSPS) is 40.6. The fourth-order valence-corrected chi connectivity index (χ4v) is 2.10. The van der Waals surface area contributed by atoms with Crippen LogP contribution in [0, 0.1) is 0 Å². The number of piperidine rings is 1. The van der Waals surface area contributed by atoms with Crippen molar-refractivity contribution in [2.24, 2.45) is 0 Å². The van der Waals surface area contributed by atoms with Crippen LogP contribution in [0.5, 0.6) is 0 Å². The van der Waals surface area contributed by atoms with Crippen molar-refractivity contribution in [1.82, 2.24) is 4.90 Å². The van der Waals surface area contributed by atoms with Gasteiger partial charge in [-0.3, -0.25) is 4.90 Å². The molecular formula is C10H19NO2. The Morgan fingerprint density at radius 1 is 1.54 bits per heavy atom. The van der Waals surface area contributed by atoms with Gasteiger partial charge < -0.3 is 9.47 Å². The van der Waals surface area contributed by atoms with Gasteiger partial charge in [-0.15, -0.1) is 0 Å². The first-order valence-electron chi connectivity index (χ1n) is 5.18. The van der Waals surface area contributed by atoms with Gasteiger partial charge in [0, 0.05) is 26.2 Å². The zero-order valence-corrected chi connectivity index (χ0v) is 8.53. The lowest BCUT2D eigenvalue weighted by atomic mass is 10.0. The molecule has 0 aromatic heterocycles. The highest BCUT2D eigenvalue weighted by atomic mass is 16.6. The van der Waals surface area contributed by atoms with Crippen LogP contribution < -0.4 is 0 Å². The molecule has 0 aromatic carbocycles. The predicted molar refractivity (Wildman–Crippen MR) is 50.8 cm³/mol. The van der Waals surface area contributed by atoms with Crippen molar-refractivity contribution in [3.8, 4) is 0 Å². The highest BCUT2D eigenvalue weighted by Crippen LogP contribution is 2.22. The second kappa shape index (κ2) is 3.95. The van der Waals surface area contributed by atoms with Crippen molar-refractivity contribution >= 4 is 0 Å². The Balaban J connectivity index is 1.78. The zero-order chi connectivity index (χ0) is 9.26. The minimum absolute atomic E-state index is 0.478. The molecule has 0 N–H and O–H groups in total. The molecule has 0 aliphatic carbocycles. The number of rotatable bonds is 3. The minimum atomic E-state index is 0.478. The molecule has 2 saturated heterocycles. The monoisotopic (exact) mass is 185 g/mol. The lowest BCUT2D eigenvalue weighted by Gasteiger charge is -2.36. The molecule has 0 aromatic rings. The van der Waals surface area contributed by atoms with Crippen molar-refractivity contribution in [3.63, 3.8) is 0 Å². The highest BCUT2D eigenvalue weighted by Gasteiger charge is 2.31. The fraction of sp³-hybridized carbons (Fsp3) is 1.00. The second-order valence-corrected chi connectivity index (χ2v) is 4.18. The fourth-order valence-electron chi connectivity index (χ4n) is 2.10. The van der Waals surface area contributed by atoms with E-state index in [-0.39, 0.29) is 0 Å². The van der Waals surface area contributed by atoms with Crippen LogP contribution in [-0.4, -0.2) is 50.0 Å². The van der Waals surface area contributed by atoms with Crippen molar-refractivity contribution in [2.75, 3.05) is 26.8 Å². The van der Waals surface area contributed by atoms with E-state index >= 15 is 0 Å². The maximum atomic E-state index is 5.37. The summed E-state index contributed by atoms with van der Waals surface area (Å²) in [5, 5.41) is 0. The van der Waals surface area contributed by atoms with Crippen molar-refractivity contribution < 1.29 is 9.47 Å². The minimum Gasteiger partial charge on any atom is -0.381 e. The summed E-state index contributed by atoms with van der Waals surface area (Å²) in [6.45, 7) is 5.54. The van der Waals surface area contributed by atoms with Gasteiger partial charge in [-0.1, -0.05) is 0 Å². The quantitative estimate of drug-likeness (QED) is 0.610. The first-order valence-corrected chi connectivity index (χ1v) is 5.18. The van der Waals surface area contributed by atoms with Crippen LogP contribution in [0.15, 0.2) is 0 Å². The van der Waals surface area contributed by atoms with Crippen LogP contribution >= 0.6 is 0 Å². The molecule has 2 heterocycles. The Hall–Kier alpha value is -0.120. The third-order valence-corrected chi connectivity index (χ3v) is 3.14. The van der Waals surface area contributed by atoms with Gasteiger partial charge >= 0.3 is 0 Å². The SMILES string of the molecule is COC1CCN(CC2CO2)C(C)C1. The summed E-state index contributed by atoms with van der Waals surface area (Å²) in [6, 6.07) is 0.655. The van der Waals surface area contributed by atoms with Crippen LogP contribution in [0.3, 0.4) is 0 Å². The molecule has 0 saturated carbocycles. The third kappa shape index (κ3) is 2.42. The molecule has 76 valence electrons. The Morgan fingerprint density at radius 2 is 2.31 bits per heavy atom. The summed E-state index contributed by atoms with van der Waals surface area (Å²) >= 11 is 0. The number of epoxide rings is 1. The number of ether oxygens (including phenoxy) is 2. The van der Waals surface area contributed by atoms with Crippen LogP contribution in [0.1, 0.15) is 19.8 Å². The largest absolute Gasteiger partial charge is 0.381 e. The molecular weight excluding hydrogens is 166 g/mol. The van der Waals surface area contributed by atoms with Crippen LogP contribution in [0.4, 0.5) is 0 Å². The zero-order valence-electron chi connectivity index (χ0n) is 8.53. The lowest BCUT2D eigenvalue weighted by molar-refractivity contribution is 0.0138. The Bertz CT molecular complexity index is 170. The van der Waals surface area contributed by atoms with E-state index in [4.69, 9.17) is 9.47 Å².